The van der Waals surface area contributed by atoms with Crippen LogP contribution in [0.4, 0.5) is 0 Å². The van der Waals surface area contributed by atoms with Crippen LogP contribution in [-0.2, 0) is 9.59 Å². The van der Waals surface area contributed by atoms with Gasteiger partial charge in [-0.2, -0.15) is 5.26 Å². The molecule has 15 heavy (non-hydrogen) atoms. The first-order chi connectivity index (χ1) is 7.25. The molecule has 0 unspecified atom stereocenters. The highest BCUT2D eigenvalue weighted by Gasteiger charge is 2.46. The van der Waals surface area contributed by atoms with Crippen LogP contribution in [0.1, 0.15) is 19.3 Å². The van der Waals surface area contributed by atoms with Crippen molar-refractivity contribution in [3.05, 3.63) is 12.2 Å². The second-order valence-corrected chi connectivity index (χ2v) is 3.89. The molecule has 0 aromatic rings. The Morgan fingerprint density at radius 3 is 2.27 bits per heavy atom. The number of nitrogens with zero attached hydrogens (tertiary/aromatic N) is 2. The molecule has 0 spiro atoms. The van der Waals surface area contributed by atoms with Gasteiger partial charge in [-0.1, -0.05) is 12.2 Å². The average Bonchev–Trinajstić information content (AvgIpc) is 2.51. The smallest absolute Gasteiger partial charge is 0.233 e. The van der Waals surface area contributed by atoms with Crippen molar-refractivity contribution in [1.29, 1.82) is 5.26 Å². The summed E-state index contributed by atoms with van der Waals surface area (Å²) in [5.74, 6) is -0.517. The molecule has 1 aliphatic carbocycles. The Morgan fingerprint density at radius 2 is 1.80 bits per heavy atom. The fourth-order valence-electron chi connectivity index (χ4n) is 2.25. The number of likely N-dealkylation sites (tertiary alicyclic amines) is 1. The number of fused-ring (bicyclic) bond motifs is 1. The minimum atomic E-state index is -0.166. The molecule has 2 amide bonds. The highest BCUT2D eigenvalue weighted by atomic mass is 16.2. The number of imide groups is 1. The maximum atomic E-state index is 11.8. The van der Waals surface area contributed by atoms with Gasteiger partial charge < -0.3 is 0 Å². The fourth-order valence-corrected chi connectivity index (χ4v) is 2.25. The van der Waals surface area contributed by atoms with Crippen LogP contribution in [0.15, 0.2) is 12.2 Å². The van der Waals surface area contributed by atoms with Gasteiger partial charge in [-0.15, -0.1) is 0 Å². The zero-order valence-electron chi connectivity index (χ0n) is 8.35. The van der Waals surface area contributed by atoms with Gasteiger partial charge in [-0.3, -0.25) is 14.5 Å². The summed E-state index contributed by atoms with van der Waals surface area (Å²) in [6.45, 7) is 0.251. The summed E-state index contributed by atoms with van der Waals surface area (Å²) in [6, 6.07) is 1.96. The van der Waals surface area contributed by atoms with E-state index in [0.717, 1.165) is 0 Å². The van der Waals surface area contributed by atoms with E-state index in [-0.39, 0.29) is 36.6 Å². The quantitative estimate of drug-likeness (QED) is 0.495. The number of nitriles is 1. The summed E-state index contributed by atoms with van der Waals surface area (Å²) in [6.07, 6.45) is 5.47. The van der Waals surface area contributed by atoms with E-state index >= 15 is 0 Å². The number of allylic oxidation sites excluding steroid dienone is 2. The van der Waals surface area contributed by atoms with Crippen LogP contribution in [0.2, 0.25) is 0 Å². The molecule has 2 aliphatic rings. The van der Waals surface area contributed by atoms with Gasteiger partial charge in [-0.25, -0.2) is 0 Å². The van der Waals surface area contributed by atoms with Crippen LogP contribution < -0.4 is 0 Å². The van der Waals surface area contributed by atoms with Crippen molar-refractivity contribution in [2.75, 3.05) is 6.54 Å². The van der Waals surface area contributed by atoms with Gasteiger partial charge in [0.1, 0.15) is 0 Å². The first-order valence-corrected chi connectivity index (χ1v) is 5.13. The molecule has 4 nitrogen and oxygen atoms in total. The Morgan fingerprint density at radius 1 is 1.27 bits per heavy atom. The van der Waals surface area contributed by atoms with Crippen molar-refractivity contribution >= 4 is 11.8 Å². The van der Waals surface area contributed by atoms with E-state index in [9.17, 15) is 9.59 Å². The number of carbonyl (C=O) groups excluding carboxylic acids is 2. The zero-order chi connectivity index (χ0) is 10.8. The van der Waals surface area contributed by atoms with Gasteiger partial charge in [-0.05, 0) is 12.8 Å². The van der Waals surface area contributed by atoms with E-state index in [1.165, 1.54) is 4.90 Å². The summed E-state index contributed by atoms with van der Waals surface area (Å²) in [5.41, 5.74) is 0. The van der Waals surface area contributed by atoms with Crippen molar-refractivity contribution in [3.63, 3.8) is 0 Å². The predicted octanol–water partition coefficient (Wildman–Crippen LogP) is 0.851. The van der Waals surface area contributed by atoms with Crippen LogP contribution in [0.3, 0.4) is 0 Å². The molecule has 0 aromatic heterocycles. The molecule has 0 aromatic carbocycles. The SMILES string of the molecule is N#CCCN1C(=O)[C@H]2CC=CC[C@H]2C1=O. The third kappa shape index (κ3) is 1.54. The van der Waals surface area contributed by atoms with E-state index < -0.39 is 0 Å². The highest BCUT2D eigenvalue weighted by Crippen LogP contribution is 2.34. The molecule has 1 saturated heterocycles. The van der Waals surface area contributed by atoms with Crippen molar-refractivity contribution in [2.45, 2.75) is 19.3 Å². The van der Waals surface area contributed by atoms with E-state index in [4.69, 9.17) is 5.26 Å². The number of amides is 2. The summed E-state index contributed by atoms with van der Waals surface area (Å²) in [7, 11) is 0. The Labute approximate surface area is 88.2 Å². The first kappa shape index (κ1) is 9.91. The molecular formula is C11H12N2O2. The molecule has 2 rings (SSSR count). The summed E-state index contributed by atoms with van der Waals surface area (Å²) in [5, 5.41) is 8.45. The Bertz CT molecular complexity index is 341. The number of carbonyl (C=O) groups is 2. The molecule has 0 N–H and O–H groups in total. The van der Waals surface area contributed by atoms with Gasteiger partial charge in [0.2, 0.25) is 11.8 Å². The van der Waals surface area contributed by atoms with Gasteiger partial charge in [0.05, 0.1) is 24.3 Å². The molecule has 4 heteroatoms. The molecular weight excluding hydrogens is 192 g/mol. The van der Waals surface area contributed by atoms with Crippen molar-refractivity contribution in [1.82, 2.24) is 4.90 Å². The molecule has 2 atom stereocenters. The maximum Gasteiger partial charge on any atom is 0.233 e. The van der Waals surface area contributed by atoms with Crippen molar-refractivity contribution in [2.24, 2.45) is 11.8 Å². The molecule has 78 valence electrons. The first-order valence-electron chi connectivity index (χ1n) is 5.13. The molecule has 0 bridgehead atoms. The normalized spacial score (nSPS) is 29.1. The van der Waals surface area contributed by atoms with E-state index in [1.54, 1.807) is 0 Å². The van der Waals surface area contributed by atoms with Crippen LogP contribution in [-0.4, -0.2) is 23.3 Å². The molecule has 1 fully saturated rings. The lowest BCUT2D eigenvalue weighted by Gasteiger charge is -2.14. The van der Waals surface area contributed by atoms with Crippen molar-refractivity contribution in [3.8, 4) is 6.07 Å². The minimum Gasteiger partial charge on any atom is -0.281 e. The van der Waals surface area contributed by atoms with Crippen LogP contribution in [0, 0.1) is 23.2 Å². The lowest BCUT2D eigenvalue weighted by Crippen LogP contribution is -2.31. The largest absolute Gasteiger partial charge is 0.281 e. The molecule has 0 radical (unpaired) electrons. The Kier molecular flexibility index (Phi) is 2.55. The number of rotatable bonds is 2. The van der Waals surface area contributed by atoms with Crippen LogP contribution in [0.25, 0.3) is 0 Å². The number of hydrogen-bond donors (Lipinski definition) is 0. The summed E-state index contributed by atoms with van der Waals surface area (Å²) in [4.78, 5) is 24.9. The highest BCUT2D eigenvalue weighted by molar-refractivity contribution is 6.05. The van der Waals surface area contributed by atoms with Crippen molar-refractivity contribution < 1.29 is 9.59 Å². The van der Waals surface area contributed by atoms with Gasteiger partial charge >= 0.3 is 0 Å². The second-order valence-electron chi connectivity index (χ2n) is 3.89. The average molecular weight is 204 g/mol. The number of hydrogen-bond acceptors (Lipinski definition) is 3. The van der Waals surface area contributed by atoms with Gasteiger partial charge in [0, 0.05) is 6.54 Å². The maximum absolute atomic E-state index is 11.8. The lowest BCUT2D eigenvalue weighted by molar-refractivity contribution is -0.139. The second kappa shape index (κ2) is 3.85. The van der Waals surface area contributed by atoms with Gasteiger partial charge in [0.25, 0.3) is 0 Å². The summed E-state index contributed by atoms with van der Waals surface area (Å²) >= 11 is 0. The van der Waals surface area contributed by atoms with Crippen LogP contribution in [0.5, 0.6) is 0 Å². The van der Waals surface area contributed by atoms with E-state index in [1.807, 2.05) is 18.2 Å². The monoisotopic (exact) mass is 204 g/mol. The topological polar surface area (TPSA) is 61.2 Å². The third-order valence-electron chi connectivity index (χ3n) is 3.05. The van der Waals surface area contributed by atoms with E-state index in [2.05, 4.69) is 0 Å². The third-order valence-corrected chi connectivity index (χ3v) is 3.05. The summed E-state index contributed by atoms with van der Waals surface area (Å²) < 4.78 is 0. The van der Waals surface area contributed by atoms with E-state index in [0.29, 0.717) is 12.8 Å². The Hall–Kier alpha value is -1.63. The zero-order valence-corrected chi connectivity index (χ0v) is 8.35. The van der Waals surface area contributed by atoms with Crippen LogP contribution >= 0.6 is 0 Å². The molecule has 0 saturated carbocycles. The predicted molar refractivity (Wildman–Crippen MR) is 52.3 cm³/mol. The lowest BCUT2D eigenvalue weighted by atomic mass is 9.85. The van der Waals surface area contributed by atoms with Gasteiger partial charge in [0.15, 0.2) is 0 Å². The minimum absolute atomic E-state index is 0.0930. The fraction of sp³-hybridized carbons (Fsp3) is 0.545. The molecule has 1 aliphatic heterocycles. The molecule has 1 heterocycles. The Balaban J connectivity index is 2.14. The standard InChI is InChI=1S/C11H12N2O2/c12-6-3-7-13-10(14)8-4-1-2-5-9(8)11(13)15/h1-2,8-9H,3-5,7H2/t8-,9+.